The van der Waals surface area contributed by atoms with Gasteiger partial charge in [-0.1, -0.05) is 11.6 Å². The molecule has 0 atom stereocenters. The van der Waals surface area contributed by atoms with E-state index >= 15 is 0 Å². The van der Waals surface area contributed by atoms with Crippen molar-refractivity contribution < 1.29 is 9.53 Å². The van der Waals surface area contributed by atoms with Crippen LogP contribution < -0.4 is 16.0 Å². The van der Waals surface area contributed by atoms with Crippen molar-refractivity contribution >= 4 is 46.3 Å². The van der Waals surface area contributed by atoms with E-state index in [-0.39, 0.29) is 34.7 Å². The lowest BCUT2D eigenvalue weighted by molar-refractivity contribution is -0.118. The summed E-state index contributed by atoms with van der Waals surface area (Å²) in [6.45, 7) is 2.69. The molecule has 0 radical (unpaired) electrons. The van der Waals surface area contributed by atoms with Gasteiger partial charge in [0.2, 0.25) is 11.9 Å². The summed E-state index contributed by atoms with van der Waals surface area (Å²) in [4.78, 5) is 23.4. The Hall–Kier alpha value is -3.97. The lowest BCUT2D eigenvalue weighted by atomic mass is 10.2. The fourth-order valence-electron chi connectivity index (χ4n) is 3.67. The predicted molar refractivity (Wildman–Crippen MR) is 127 cm³/mol. The van der Waals surface area contributed by atoms with Gasteiger partial charge in [0.25, 0.3) is 0 Å². The quantitative estimate of drug-likeness (QED) is 0.446. The summed E-state index contributed by atoms with van der Waals surface area (Å²) < 4.78 is 6.71. The van der Waals surface area contributed by atoms with Gasteiger partial charge in [-0.15, -0.1) is 5.10 Å². The van der Waals surface area contributed by atoms with Gasteiger partial charge in [0.05, 0.1) is 54.0 Å². The molecule has 3 aromatic rings. The second-order valence-electron chi connectivity index (χ2n) is 8.25. The van der Waals surface area contributed by atoms with Crippen LogP contribution in [0.15, 0.2) is 18.3 Å². The normalized spacial score (nSPS) is 15.9. The van der Waals surface area contributed by atoms with Crippen LogP contribution in [0.4, 0.5) is 23.1 Å². The van der Waals surface area contributed by atoms with Crippen molar-refractivity contribution in [3.05, 3.63) is 34.6 Å². The predicted octanol–water partition coefficient (Wildman–Crippen LogP) is 2.11. The molecule has 2 aromatic heterocycles. The highest BCUT2D eigenvalue weighted by Crippen LogP contribution is 2.34. The average Bonchev–Trinajstić information content (AvgIpc) is 3.58. The van der Waals surface area contributed by atoms with Gasteiger partial charge < -0.3 is 20.7 Å². The number of hydrogen-bond donors (Lipinski definition) is 3. The molecule has 35 heavy (non-hydrogen) atoms. The molecule has 0 spiro atoms. The Labute approximate surface area is 205 Å². The number of amides is 1. The molecule has 178 valence electrons. The van der Waals surface area contributed by atoms with Gasteiger partial charge in [-0.05, 0) is 25.0 Å². The molecular formula is C22H21ClN10O2. The summed E-state index contributed by atoms with van der Waals surface area (Å²) in [6, 6.07) is 7.48. The van der Waals surface area contributed by atoms with Crippen molar-refractivity contribution in [1.82, 2.24) is 24.5 Å². The highest BCUT2D eigenvalue weighted by molar-refractivity contribution is 6.36. The van der Waals surface area contributed by atoms with Gasteiger partial charge in [0.15, 0.2) is 17.2 Å². The van der Waals surface area contributed by atoms with Crippen LogP contribution in [0.5, 0.6) is 0 Å². The Morgan fingerprint density at radius 1 is 1.20 bits per heavy atom. The van der Waals surface area contributed by atoms with E-state index in [1.165, 1.54) is 16.8 Å². The largest absolute Gasteiger partial charge is 0.379 e. The Bertz CT molecular complexity index is 1370. The van der Waals surface area contributed by atoms with Crippen molar-refractivity contribution in [1.29, 1.82) is 10.5 Å². The molecule has 1 aromatic carbocycles. The number of nitrogens with one attached hydrogen (secondary N) is 3. The number of aromatic nitrogens is 4. The molecular weight excluding hydrogens is 472 g/mol. The number of benzene rings is 1. The molecule has 13 heteroatoms. The number of hydrogen-bond acceptors (Lipinski definition) is 10. The third-order valence-electron chi connectivity index (χ3n) is 5.59. The van der Waals surface area contributed by atoms with Crippen LogP contribution in [0, 0.1) is 22.7 Å². The number of carbonyl (C=O) groups is 1. The summed E-state index contributed by atoms with van der Waals surface area (Å²) >= 11 is 6.60. The molecule has 1 aliphatic carbocycles. The molecule has 2 aliphatic rings. The van der Waals surface area contributed by atoms with E-state index in [4.69, 9.17) is 16.3 Å². The number of imidazole rings is 1. The zero-order valence-electron chi connectivity index (χ0n) is 18.6. The summed E-state index contributed by atoms with van der Waals surface area (Å²) in [7, 11) is 0. The van der Waals surface area contributed by atoms with Crippen LogP contribution >= 0.6 is 11.6 Å². The smallest absolute Gasteiger partial charge is 0.247 e. The molecule has 1 aliphatic heterocycles. The van der Waals surface area contributed by atoms with E-state index < -0.39 is 0 Å². The van der Waals surface area contributed by atoms with E-state index in [1.807, 2.05) is 4.90 Å². The molecule has 2 fully saturated rings. The Kier molecular flexibility index (Phi) is 6.33. The van der Waals surface area contributed by atoms with Crippen LogP contribution in [-0.2, 0) is 9.53 Å². The Balaban J connectivity index is 1.43. The van der Waals surface area contributed by atoms with Crippen molar-refractivity contribution in [3.63, 3.8) is 0 Å². The SMILES string of the molecule is N#Cc1cc(NC(=O)CN2CCOCC2)c(Cl)c(Nc2nc(NC3CC3)c3ncc(C#N)n3n2)c1. The topological polar surface area (TPSA) is 156 Å². The number of fused-ring (bicyclic) bond motifs is 1. The number of anilines is 4. The van der Waals surface area contributed by atoms with E-state index in [2.05, 4.69) is 43.2 Å². The zero-order valence-corrected chi connectivity index (χ0v) is 19.3. The van der Waals surface area contributed by atoms with Crippen molar-refractivity contribution in [3.8, 4) is 12.1 Å². The zero-order chi connectivity index (χ0) is 24.4. The van der Waals surface area contributed by atoms with E-state index in [9.17, 15) is 15.3 Å². The minimum absolute atomic E-state index is 0.151. The highest BCUT2D eigenvalue weighted by Gasteiger charge is 2.24. The number of rotatable bonds is 7. The highest BCUT2D eigenvalue weighted by atomic mass is 35.5. The van der Waals surface area contributed by atoms with Crippen molar-refractivity contribution in [2.45, 2.75) is 18.9 Å². The summed E-state index contributed by atoms with van der Waals surface area (Å²) in [5.74, 6) is 0.385. The summed E-state index contributed by atoms with van der Waals surface area (Å²) in [5.41, 5.74) is 1.60. The van der Waals surface area contributed by atoms with Crippen LogP contribution in [0.1, 0.15) is 24.1 Å². The standard InChI is InChI=1S/C22H21ClN10O2/c23-19-16(28-18(34)12-32-3-5-35-6-4-32)7-13(9-24)8-17(19)29-22-30-20(27-14-1-2-14)21-26-11-15(10-25)33(21)31-22/h7-8,11,14H,1-6,12H2,(H,28,34)(H2,27,29,30,31). The molecule has 1 saturated carbocycles. The molecule has 3 N–H and O–H groups in total. The van der Waals surface area contributed by atoms with Gasteiger partial charge in [-0.25, -0.2) is 4.98 Å². The van der Waals surface area contributed by atoms with Crippen LogP contribution in [0.3, 0.4) is 0 Å². The van der Waals surface area contributed by atoms with Gasteiger partial charge in [-0.2, -0.15) is 20.0 Å². The maximum absolute atomic E-state index is 12.6. The Morgan fingerprint density at radius 3 is 2.69 bits per heavy atom. The molecule has 0 unspecified atom stereocenters. The van der Waals surface area contributed by atoms with Gasteiger partial charge in [-0.3, -0.25) is 9.69 Å². The molecule has 5 rings (SSSR count). The summed E-state index contributed by atoms with van der Waals surface area (Å²) in [6.07, 6.45) is 3.47. The maximum Gasteiger partial charge on any atom is 0.247 e. The molecule has 12 nitrogen and oxygen atoms in total. The lowest BCUT2D eigenvalue weighted by Gasteiger charge is -2.26. The molecule has 3 heterocycles. The fraction of sp³-hybridized carbons (Fsp3) is 0.364. The first-order chi connectivity index (χ1) is 17.0. The third kappa shape index (κ3) is 5.10. The number of nitrogens with zero attached hydrogens (tertiary/aromatic N) is 7. The lowest BCUT2D eigenvalue weighted by Crippen LogP contribution is -2.41. The van der Waals surface area contributed by atoms with E-state index in [1.54, 1.807) is 6.07 Å². The number of nitriles is 2. The van der Waals surface area contributed by atoms with E-state index in [0.717, 1.165) is 12.8 Å². The van der Waals surface area contributed by atoms with Gasteiger partial charge in [0, 0.05) is 19.1 Å². The van der Waals surface area contributed by atoms with Crippen LogP contribution in [0.2, 0.25) is 5.02 Å². The number of carbonyl (C=O) groups excluding carboxylic acids is 1. The second kappa shape index (κ2) is 9.72. The number of ether oxygens (including phenoxy) is 1. The van der Waals surface area contributed by atoms with Crippen molar-refractivity contribution in [2.75, 3.05) is 48.8 Å². The van der Waals surface area contributed by atoms with Crippen molar-refractivity contribution in [2.24, 2.45) is 0 Å². The first-order valence-corrected chi connectivity index (χ1v) is 11.4. The number of morpholine rings is 1. The molecule has 1 amide bonds. The monoisotopic (exact) mass is 492 g/mol. The van der Waals surface area contributed by atoms with Gasteiger partial charge >= 0.3 is 0 Å². The molecule has 0 bridgehead atoms. The first-order valence-electron chi connectivity index (χ1n) is 11.1. The van der Waals surface area contributed by atoms with E-state index in [0.29, 0.717) is 55.2 Å². The summed E-state index contributed by atoms with van der Waals surface area (Å²) in [5, 5.41) is 32.6. The Morgan fingerprint density at radius 2 is 1.97 bits per heavy atom. The minimum atomic E-state index is -0.250. The second-order valence-corrected chi connectivity index (χ2v) is 8.63. The van der Waals surface area contributed by atoms with Crippen LogP contribution in [-0.4, -0.2) is 69.3 Å². The average molecular weight is 493 g/mol. The maximum atomic E-state index is 12.6. The minimum Gasteiger partial charge on any atom is -0.379 e. The molecule has 1 saturated heterocycles. The number of halogens is 1. The van der Waals surface area contributed by atoms with Gasteiger partial charge in [0.1, 0.15) is 6.07 Å². The first kappa shape index (κ1) is 22.8. The fourth-order valence-corrected chi connectivity index (χ4v) is 3.88. The third-order valence-corrected chi connectivity index (χ3v) is 6.00. The van der Waals surface area contributed by atoms with Crippen LogP contribution in [0.25, 0.3) is 5.65 Å².